The summed E-state index contributed by atoms with van der Waals surface area (Å²) < 4.78 is 4.97. The molecule has 0 heterocycles. The van der Waals surface area contributed by atoms with Gasteiger partial charge in [-0.25, -0.2) is 0 Å². The average Bonchev–Trinajstić information content (AvgIpc) is 2.56. The Balaban J connectivity index is 2.37. The number of rotatable bonds is 8. The molecule has 0 aliphatic rings. The van der Waals surface area contributed by atoms with Gasteiger partial charge in [0.25, 0.3) is 0 Å². The van der Waals surface area contributed by atoms with Gasteiger partial charge < -0.3 is 20.5 Å². The number of para-hydroxylation sites is 1. The van der Waals surface area contributed by atoms with Crippen LogP contribution in [0, 0.1) is 0 Å². The molecule has 0 bridgehead atoms. The molecule has 7 nitrogen and oxygen atoms in total. The predicted octanol–water partition coefficient (Wildman–Crippen LogP) is 1.49. The number of thiocarbonyl (C=S) groups is 1. The predicted molar refractivity (Wildman–Crippen MR) is 101 cm³/mol. The number of anilines is 1. The van der Waals surface area contributed by atoms with E-state index in [1.807, 2.05) is 0 Å². The first-order valence-corrected chi connectivity index (χ1v) is 8.31. The van der Waals surface area contributed by atoms with Crippen LogP contribution in [0.15, 0.2) is 30.4 Å². The maximum Gasteiger partial charge on any atom is 0.250 e. The van der Waals surface area contributed by atoms with Crippen LogP contribution in [0.4, 0.5) is 5.69 Å². The van der Waals surface area contributed by atoms with Crippen molar-refractivity contribution < 1.29 is 19.4 Å². The number of hydrogen-bond acceptors (Lipinski definition) is 5. The smallest absolute Gasteiger partial charge is 0.250 e. The third-order valence-electron chi connectivity index (χ3n) is 2.61. The van der Waals surface area contributed by atoms with Crippen LogP contribution in [0.5, 0.6) is 0 Å². The van der Waals surface area contributed by atoms with Crippen molar-refractivity contribution >= 4 is 58.0 Å². The second-order valence-electron chi connectivity index (χ2n) is 4.50. The Bertz CT molecular complexity index is 635. The van der Waals surface area contributed by atoms with E-state index in [1.54, 1.807) is 18.2 Å². The summed E-state index contributed by atoms with van der Waals surface area (Å²) in [7, 11) is 0. The van der Waals surface area contributed by atoms with E-state index in [0.717, 1.165) is 12.2 Å². The maximum atomic E-state index is 11.7. The van der Waals surface area contributed by atoms with Crippen molar-refractivity contribution in [3.63, 3.8) is 0 Å². The molecule has 1 aromatic carbocycles. The largest absolute Gasteiger partial charge is 0.394 e. The molecule has 0 aliphatic heterocycles. The molecule has 25 heavy (non-hydrogen) atoms. The number of carbonyl (C=O) groups excluding carboxylic acids is 2. The van der Waals surface area contributed by atoms with Crippen molar-refractivity contribution in [1.29, 1.82) is 0 Å². The lowest BCUT2D eigenvalue weighted by molar-refractivity contribution is -0.118. The summed E-state index contributed by atoms with van der Waals surface area (Å²) in [5.41, 5.74) is 0.376. The Morgan fingerprint density at radius 3 is 2.44 bits per heavy atom. The second-order valence-corrected chi connectivity index (χ2v) is 5.72. The van der Waals surface area contributed by atoms with Crippen LogP contribution in [-0.2, 0) is 14.3 Å². The van der Waals surface area contributed by atoms with Gasteiger partial charge in [0.15, 0.2) is 5.11 Å². The third kappa shape index (κ3) is 8.80. The van der Waals surface area contributed by atoms with Gasteiger partial charge in [-0.1, -0.05) is 29.3 Å². The molecular weight excluding hydrogens is 389 g/mol. The van der Waals surface area contributed by atoms with Crippen molar-refractivity contribution in [2.45, 2.75) is 0 Å². The SMILES string of the molecule is O=C(/C=C/C(=O)NC(=S)Nc1c(Cl)cccc1Cl)NCCOCCO. The quantitative estimate of drug-likeness (QED) is 0.297. The molecule has 1 aromatic rings. The second kappa shape index (κ2) is 11.8. The molecule has 0 saturated carbocycles. The molecule has 0 spiro atoms. The minimum atomic E-state index is -0.590. The number of nitrogens with one attached hydrogen (secondary N) is 3. The Labute approximate surface area is 160 Å². The van der Waals surface area contributed by atoms with Crippen molar-refractivity contribution in [1.82, 2.24) is 10.6 Å². The van der Waals surface area contributed by atoms with E-state index >= 15 is 0 Å². The van der Waals surface area contributed by atoms with E-state index in [4.69, 9.17) is 45.3 Å². The lowest BCUT2D eigenvalue weighted by atomic mass is 10.3. The highest BCUT2D eigenvalue weighted by Gasteiger charge is 2.08. The van der Waals surface area contributed by atoms with Crippen LogP contribution in [0.1, 0.15) is 0 Å². The topological polar surface area (TPSA) is 99.7 Å². The summed E-state index contributed by atoms with van der Waals surface area (Å²) in [4.78, 5) is 23.2. The third-order valence-corrected chi connectivity index (χ3v) is 3.44. The highest BCUT2D eigenvalue weighted by Crippen LogP contribution is 2.29. The highest BCUT2D eigenvalue weighted by atomic mass is 35.5. The van der Waals surface area contributed by atoms with Gasteiger partial charge in [0.05, 0.1) is 35.6 Å². The normalized spacial score (nSPS) is 10.5. The summed E-state index contributed by atoms with van der Waals surface area (Å²) in [5, 5.41) is 16.8. The number of carbonyl (C=O) groups is 2. The van der Waals surface area contributed by atoms with E-state index in [0.29, 0.717) is 15.7 Å². The molecule has 0 atom stereocenters. The van der Waals surface area contributed by atoms with Crippen LogP contribution in [0.3, 0.4) is 0 Å². The Kier molecular flexibility index (Phi) is 10.0. The fourth-order valence-corrected chi connectivity index (χ4v) is 2.23. The van der Waals surface area contributed by atoms with Crippen molar-refractivity contribution in [2.24, 2.45) is 0 Å². The number of benzene rings is 1. The Morgan fingerprint density at radius 1 is 1.16 bits per heavy atom. The zero-order valence-corrected chi connectivity index (χ0v) is 15.4. The fourth-order valence-electron chi connectivity index (χ4n) is 1.54. The fraction of sp³-hybridized carbons (Fsp3) is 0.267. The molecule has 0 aromatic heterocycles. The van der Waals surface area contributed by atoms with Crippen molar-refractivity contribution in [3.05, 3.63) is 40.4 Å². The first-order valence-electron chi connectivity index (χ1n) is 7.14. The van der Waals surface area contributed by atoms with E-state index in [1.165, 1.54) is 0 Å². The molecule has 0 radical (unpaired) electrons. The molecule has 0 aliphatic carbocycles. The van der Waals surface area contributed by atoms with Crippen molar-refractivity contribution in [2.75, 3.05) is 31.7 Å². The highest BCUT2D eigenvalue weighted by molar-refractivity contribution is 7.80. The number of aliphatic hydroxyl groups excluding tert-OH is 1. The van der Waals surface area contributed by atoms with E-state index in [-0.39, 0.29) is 31.5 Å². The summed E-state index contributed by atoms with van der Waals surface area (Å²) in [6.07, 6.45) is 2.10. The lowest BCUT2D eigenvalue weighted by Crippen LogP contribution is -2.33. The van der Waals surface area contributed by atoms with Crippen LogP contribution in [-0.4, -0.2) is 48.4 Å². The molecule has 4 N–H and O–H groups in total. The van der Waals surface area contributed by atoms with E-state index in [9.17, 15) is 9.59 Å². The molecule has 2 amide bonds. The standard InChI is InChI=1S/C15H17Cl2N3O4S/c16-10-2-1-3-11(17)14(10)20-15(25)19-13(23)5-4-12(22)18-6-8-24-9-7-21/h1-5,21H,6-9H2,(H,18,22)(H2,19,20,23,25)/b5-4+. The number of aliphatic hydroxyl groups is 1. The van der Waals surface area contributed by atoms with Gasteiger partial charge in [0.1, 0.15) is 0 Å². The van der Waals surface area contributed by atoms with Gasteiger partial charge in [-0.05, 0) is 24.4 Å². The first kappa shape index (κ1) is 21.3. The van der Waals surface area contributed by atoms with E-state index in [2.05, 4.69) is 16.0 Å². The minimum Gasteiger partial charge on any atom is -0.394 e. The van der Waals surface area contributed by atoms with Crippen LogP contribution in [0.25, 0.3) is 0 Å². The minimum absolute atomic E-state index is 0.0116. The van der Waals surface area contributed by atoms with Crippen LogP contribution < -0.4 is 16.0 Å². The summed E-state index contributed by atoms with van der Waals surface area (Å²) >= 11 is 17.0. The first-order chi connectivity index (χ1) is 11.9. The molecule has 10 heteroatoms. The zero-order valence-electron chi connectivity index (χ0n) is 13.1. The van der Waals surface area contributed by atoms with Gasteiger partial charge in [-0.15, -0.1) is 0 Å². The van der Waals surface area contributed by atoms with Crippen molar-refractivity contribution in [3.8, 4) is 0 Å². The average molecular weight is 406 g/mol. The van der Waals surface area contributed by atoms with Gasteiger partial charge >= 0.3 is 0 Å². The van der Waals surface area contributed by atoms with Gasteiger partial charge in [0, 0.05) is 18.7 Å². The Hall–Kier alpha value is -1.71. The summed E-state index contributed by atoms with van der Waals surface area (Å²) in [5.74, 6) is -1.05. The molecule has 1 rings (SSSR count). The Morgan fingerprint density at radius 2 is 1.80 bits per heavy atom. The maximum absolute atomic E-state index is 11.7. The summed E-state index contributed by atoms with van der Waals surface area (Å²) in [6, 6.07) is 4.91. The van der Waals surface area contributed by atoms with E-state index < -0.39 is 11.8 Å². The van der Waals surface area contributed by atoms with Crippen LogP contribution >= 0.6 is 35.4 Å². The molecule has 0 saturated heterocycles. The van der Waals surface area contributed by atoms with Crippen LogP contribution in [0.2, 0.25) is 10.0 Å². The number of halogens is 2. The van der Waals surface area contributed by atoms with Gasteiger partial charge in [0.2, 0.25) is 11.8 Å². The molecular formula is C15H17Cl2N3O4S. The molecule has 0 fully saturated rings. The molecule has 136 valence electrons. The monoisotopic (exact) mass is 405 g/mol. The number of amides is 2. The van der Waals surface area contributed by atoms with Gasteiger partial charge in [-0.3, -0.25) is 14.9 Å². The number of ether oxygens (including phenoxy) is 1. The lowest BCUT2D eigenvalue weighted by Gasteiger charge is -2.11. The number of hydrogen-bond donors (Lipinski definition) is 4. The zero-order chi connectivity index (χ0) is 18.7. The summed E-state index contributed by atoms with van der Waals surface area (Å²) in [6.45, 7) is 0.643. The molecule has 0 unspecified atom stereocenters. The van der Waals surface area contributed by atoms with Gasteiger partial charge in [-0.2, -0.15) is 0 Å².